The highest BCUT2D eigenvalue weighted by Crippen LogP contribution is 2.32. The number of hydrogen-bond acceptors (Lipinski definition) is 4. The third-order valence-electron chi connectivity index (χ3n) is 2.84. The van der Waals surface area contributed by atoms with E-state index in [0.29, 0.717) is 13.2 Å². The normalized spacial score (nSPS) is 12.1. The number of nitrogens with two attached hydrogens (primary N) is 1. The van der Waals surface area contributed by atoms with Gasteiger partial charge in [0.15, 0.2) is 0 Å². The summed E-state index contributed by atoms with van der Waals surface area (Å²) >= 11 is 0. The van der Waals surface area contributed by atoms with E-state index in [0.717, 1.165) is 23.6 Å². The van der Waals surface area contributed by atoms with Crippen molar-refractivity contribution in [2.75, 3.05) is 25.2 Å². The van der Waals surface area contributed by atoms with E-state index in [9.17, 15) is 0 Å². The fourth-order valence-electron chi connectivity index (χ4n) is 1.76. The van der Waals surface area contributed by atoms with Gasteiger partial charge < -0.3 is 20.1 Å². The van der Waals surface area contributed by atoms with Crippen molar-refractivity contribution in [1.29, 1.82) is 0 Å². The molecule has 0 saturated carbocycles. The Balaban J connectivity index is 3.05. The molecule has 4 nitrogen and oxygen atoms in total. The molecule has 0 bridgehead atoms. The van der Waals surface area contributed by atoms with Crippen LogP contribution in [0.3, 0.4) is 0 Å². The lowest BCUT2D eigenvalue weighted by Crippen LogP contribution is -2.38. The number of hydrogen-bond donors (Lipinski definition) is 1. The quantitative estimate of drug-likeness (QED) is 0.758. The van der Waals surface area contributed by atoms with Crippen molar-refractivity contribution in [1.82, 2.24) is 0 Å². The summed E-state index contributed by atoms with van der Waals surface area (Å²) in [4.78, 5) is 2.02. The first kappa shape index (κ1) is 14.6. The van der Waals surface area contributed by atoms with Crippen molar-refractivity contribution in [3.63, 3.8) is 0 Å². The summed E-state index contributed by atoms with van der Waals surface area (Å²) in [6, 6.07) is 5.83. The van der Waals surface area contributed by atoms with Gasteiger partial charge >= 0.3 is 0 Å². The third-order valence-corrected chi connectivity index (χ3v) is 2.84. The van der Waals surface area contributed by atoms with Gasteiger partial charge in [-0.25, -0.2) is 0 Å². The van der Waals surface area contributed by atoms with Gasteiger partial charge in [0, 0.05) is 13.1 Å². The van der Waals surface area contributed by atoms with Gasteiger partial charge in [-0.05, 0) is 32.4 Å². The second-order valence-corrected chi connectivity index (χ2v) is 4.08. The fourth-order valence-corrected chi connectivity index (χ4v) is 1.76. The largest absolute Gasteiger partial charge is 0.494 e. The molecule has 0 heterocycles. The molecule has 0 aliphatic heterocycles. The van der Waals surface area contributed by atoms with Crippen LogP contribution >= 0.6 is 0 Å². The molecule has 1 aromatic rings. The molecule has 0 aliphatic carbocycles. The van der Waals surface area contributed by atoms with E-state index >= 15 is 0 Å². The van der Waals surface area contributed by atoms with E-state index < -0.39 is 0 Å². The average molecular weight is 252 g/mol. The van der Waals surface area contributed by atoms with Crippen LogP contribution in [0.5, 0.6) is 11.5 Å². The second kappa shape index (κ2) is 7.11. The molecule has 0 saturated heterocycles. The molecule has 1 atom stereocenters. The molecule has 4 heteroatoms. The Labute approximate surface area is 110 Å². The van der Waals surface area contributed by atoms with E-state index in [-0.39, 0.29) is 6.17 Å². The van der Waals surface area contributed by atoms with Gasteiger partial charge in [-0.1, -0.05) is 6.92 Å². The van der Waals surface area contributed by atoms with Crippen LogP contribution in [0.15, 0.2) is 18.2 Å². The molecule has 0 aliphatic rings. The molecule has 102 valence electrons. The summed E-state index contributed by atoms with van der Waals surface area (Å²) in [7, 11) is 1.97. The smallest absolute Gasteiger partial charge is 0.142 e. The monoisotopic (exact) mass is 252 g/mol. The number of benzene rings is 1. The Hall–Kier alpha value is -1.42. The van der Waals surface area contributed by atoms with Gasteiger partial charge in [0.2, 0.25) is 0 Å². The minimum Gasteiger partial charge on any atom is -0.494 e. The lowest BCUT2D eigenvalue weighted by molar-refractivity contribution is 0.330. The zero-order valence-electron chi connectivity index (χ0n) is 11.8. The zero-order chi connectivity index (χ0) is 13.5. The Morgan fingerprint density at radius 3 is 2.39 bits per heavy atom. The Morgan fingerprint density at radius 2 is 1.83 bits per heavy atom. The molecule has 1 aromatic carbocycles. The van der Waals surface area contributed by atoms with Crippen molar-refractivity contribution < 1.29 is 9.47 Å². The van der Waals surface area contributed by atoms with Crippen LogP contribution in [0.25, 0.3) is 0 Å². The SMILES string of the molecule is CCOc1ccc(OCC)c(N(C)C(N)CC)c1. The van der Waals surface area contributed by atoms with Crippen LogP contribution in [-0.4, -0.2) is 26.4 Å². The molecular weight excluding hydrogens is 228 g/mol. The Kier molecular flexibility index (Phi) is 5.78. The topological polar surface area (TPSA) is 47.7 Å². The average Bonchev–Trinajstić information content (AvgIpc) is 2.39. The minimum atomic E-state index is -0.0268. The van der Waals surface area contributed by atoms with Crippen molar-refractivity contribution in [2.24, 2.45) is 5.73 Å². The highest BCUT2D eigenvalue weighted by Gasteiger charge is 2.14. The van der Waals surface area contributed by atoms with Gasteiger partial charge in [-0.15, -0.1) is 0 Å². The van der Waals surface area contributed by atoms with E-state index in [1.807, 2.05) is 44.0 Å². The third kappa shape index (κ3) is 3.53. The van der Waals surface area contributed by atoms with Crippen LogP contribution in [0, 0.1) is 0 Å². The Bertz CT molecular complexity index is 369. The van der Waals surface area contributed by atoms with Crippen molar-refractivity contribution in [3.05, 3.63) is 18.2 Å². The first-order valence-electron chi connectivity index (χ1n) is 6.52. The summed E-state index contributed by atoms with van der Waals surface area (Å²) in [5.74, 6) is 1.68. The van der Waals surface area contributed by atoms with E-state index in [2.05, 4.69) is 6.92 Å². The molecule has 1 rings (SSSR count). The lowest BCUT2D eigenvalue weighted by atomic mass is 10.2. The van der Waals surface area contributed by atoms with Crippen LogP contribution in [0.2, 0.25) is 0 Å². The molecule has 0 fully saturated rings. The van der Waals surface area contributed by atoms with Gasteiger partial charge in [0.1, 0.15) is 11.5 Å². The van der Waals surface area contributed by atoms with Crippen LogP contribution in [0.1, 0.15) is 27.2 Å². The van der Waals surface area contributed by atoms with Gasteiger partial charge in [0.25, 0.3) is 0 Å². The lowest BCUT2D eigenvalue weighted by Gasteiger charge is -2.28. The Morgan fingerprint density at radius 1 is 1.17 bits per heavy atom. The van der Waals surface area contributed by atoms with Gasteiger partial charge in [-0.3, -0.25) is 0 Å². The molecular formula is C14H24N2O2. The predicted molar refractivity (Wildman–Crippen MR) is 75.4 cm³/mol. The highest BCUT2D eigenvalue weighted by molar-refractivity contribution is 5.61. The van der Waals surface area contributed by atoms with Crippen LogP contribution in [-0.2, 0) is 0 Å². The summed E-state index contributed by atoms with van der Waals surface area (Å²) < 4.78 is 11.2. The summed E-state index contributed by atoms with van der Waals surface area (Å²) in [5.41, 5.74) is 7.04. The zero-order valence-corrected chi connectivity index (χ0v) is 11.8. The van der Waals surface area contributed by atoms with Crippen LogP contribution < -0.4 is 20.1 Å². The maximum absolute atomic E-state index is 6.07. The van der Waals surface area contributed by atoms with E-state index in [1.54, 1.807) is 0 Å². The standard InChI is InChI=1S/C14H24N2O2/c1-5-14(15)16(4)12-10-11(17-6-2)8-9-13(12)18-7-3/h8-10,14H,5-7,15H2,1-4H3. The summed E-state index contributed by atoms with van der Waals surface area (Å²) in [6.07, 6.45) is 0.849. The van der Waals surface area contributed by atoms with E-state index in [4.69, 9.17) is 15.2 Å². The first-order chi connectivity index (χ1) is 8.63. The summed E-state index contributed by atoms with van der Waals surface area (Å²) in [5, 5.41) is 0. The molecule has 0 amide bonds. The van der Waals surface area contributed by atoms with E-state index in [1.165, 1.54) is 0 Å². The highest BCUT2D eigenvalue weighted by atomic mass is 16.5. The number of anilines is 1. The second-order valence-electron chi connectivity index (χ2n) is 4.08. The molecule has 1 unspecified atom stereocenters. The van der Waals surface area contributed by atoms with Crippen molar-refractivity contribution in [3.8, 4) is 11.5 Å². The minimum absolute atomic E-state index is 0.0268. The number of rotatable bonds is 7. The molecule has 2 N–H and O–H groups in total. The van der Waals surface area contributed by atoms with Crippen molar-refractivity contribution >= 4 is 5.69 Å². The maximum atomic E-state index is 6.07. The molecule has 0 radical (unpaired) electrons. The van der Waals surface area contributed by atoms with Gasteiger partial charge in [-0.2, -0.15) is 0 Å². The summed E-state index contributed by atoms with van der Waals surface area (Å²) in [6.45, 7) is 7.29. The molecule has 18 heavy (non-hydrogen) atoms. The predicted octanol–water partition coefficient (Wildman–Crippen LogP) is 2.62. The number of ether oxygens (including phenoxy) is 2. The molecule has 0 spiro atoms. The number of nitrogens with zero attached hydrogens (tertiary/aromatic N) is 1. The van der Waals surface area contributed by atoms with Gasteiger partial charge in [0.05, 0.1) is 25.1 Å². The maximum Gasteiger partial charge on any atom is 0.142 e. The van der Waals surface area contributed by atoms with Crippen LogP contribution in [0.4, 0.5) is 5.69 Å². The first-order valence-corrected chi connectivity index (χ1v) is 6.52. The molecule has 0 aromatic heterocycles. The fraction of sp³-hybridized carbons (Fsp3) is 0.571. The van der Waals surface area contributed by atoms with Crippen molar-refractivity contribution in [2.45, 2.75) is 33.4 Å².